The molecule has 0 aliphatic carbocycles. The minimum absolute atomic E-state index is 0.182. The Balaban J connectivity index is 2.78. The Morgan fingerprint density at radius 1 is 1.31 bits per heavy atom. The predicted octanol–water partition coefficient (Wildman–Crippen LogP) is 2.41. The van der Waals surface area contributed by atoms with Crippen LogP contribution in [0.15, 0.2) is 17.4 Å². The summed E-state index contributed by atoms with van der Waals surface area (Å²) in [7, 11) is 1.84. The molecule has 1 aromatic rings. The van der Waals surface area contributed by atoms with Gasteiger partial charge in [-0.1, -0.05) is 32.5 Å². The van der Waals surface area contributed by atoms with Gasteiger partial charge < -0.3 is 5.32 Å². The summed E-state index contributed by atoms with van der Waals surface area (Å²) in [5.41, 5.74) is 0. The van der Waals surface area contributed by atoms with Crippen molar-refractivity contribution < 1.29 is 0 Å². The van der Waals surface area contributed by atoms with E-state index in [2.05, 4.69) is 36.1 Å². The molecule has 1 aromatic heterocycles. The lowest BCUT2D eigenvalue weighted by Crippen LogP contribution is -2.07. The van der Waals surface area contributed by atoms with E-state index in [4.69, 9.17) is 0 Å². The van der Waals surface area contributed by atoms with Crippen LogP contribution >= 0.6 is 11.8 Å². The molecule has 13 heavy (non-hydrogen) atoms. The van der Waals surface area contributed by atoms with Gasteiger partial charge in [-0.2, -0.15) is 0 Å². The quantitative estimate of drug-likeness (QED) is 0.739. The topological polar surface area (TPSA) is 37.8 Å². The molecular weight excluding hydrogens is 182 g/mol. The summed E-state index contributed by atoms with van der Waals surface area (Å²) in [4.78, 5) is 8.46. The van der Waals surface area contributed by atoms with Crippen molar-refractivity contribution in [1.29, 1.82) is 0 Å². The van der Waals surface area contributed by atoms with E-state index in [1.54, 1.807) is 24.2 Å². The summed E-state index contributed by atoms with van der Waals surface area (Å²) in [6, 6.07) is 0. The third kappa shape index (κ3) is 3.63. The van der Waals surface area contributed by atoms with Gasteiger partial charge in [0.2, 0.25) is 0 Å². The average molecular weight is 197 g/mol. The molecule has 1 heterocycles. The van der Waals surface area contributed by atoms with E-state index in [9.17, 15) is 0 Å². The van der Waals surface area contributed by atoms with E-state index in [1.165, 1.54) is 0 Å². The van der Waals surface area contributed by atoms with E-state index >= 15 is 0 Å². The lowest BCUT2D eigenvalue weighted by molar-refractivity contribution is 0.798. The zero-order valence-corrected chi connectivity index (χ0v) is 9.27. The molecule has 0 saturated heterocycles. The highest BCUT2D eigenvalue weighted by Crippen LogP contribution is 2.30. The van der Waals surface area contributed by atoms with Gasteiger partial charge in [-0.3, -0.25) is 4.98 Å². The highest BCUT2D eigenvalue weighted by Gasteiger charge is 2.13. The van der Waals surface area contributed by atoms with Gasteiger partial charge in [0.1, 0.15) is 10.8 Å². The van der Waals surface area contributed by atoms with Crippen molar-refractivity contribution >= 4 is 17.6 Å². The maximum Gasteiger partial charge on any atom is 0.145 e. The summed E-state index contributed by atoms with van der Waals surface area (Å²) < 4.78 is 0.182. The molecule has 0 amide bonds. The van der Waals surface area contributed by atoms with Gasteiger partial charge in [-0.25, -0.2) is 4.98 Å². The van der Waals surface area contributed by atoms with Gasteiger partial charge in [-0.05, 0) is 0 Å². The van der Waals surface area contributed by atoms with Gasteiger partial charge in [0.25, 0.3) is 0 Å². The first-order chi connectivity index (χ1) is 6.01. The normalized spacial score (nSPS) is 11.4. The number of nitrogens with one attached hydrogen (secondary N) is 1. The van der Waals surface area contributed by atoms with Crippen LogP contribution in [0.2, 0.25) is 0 Å². The number of nitrogens with zero attached hydrogens (tertiary/aromatic N) is 2. The maximum atomic E-state index is 4.37. The summed E-state index contributed by atoms with van der Waals surface area (Å²) in [6.07, 6.45) is 3.50. The number of rotatable bonds is 2. The monoisotopic (exact) mass is 197 g/mol. The van der Waals surface area contributed by atoms with Crippen LogP contribution < -0.4 is 5.32 Å². The standard InChI is InChI=1S/C9H15N3S/c1-9(2,3)13-8-6-11-5-7(10-4)12-8/h5-6H,1-4H3,(H,10,12). The molecule has 3 nitrogen and oxygen atoms in total. The van der Waals surface area contributed by atoms with Crippen LogP contribution in [-0.2, 0) is 0 Å². The Morgan fingerprint density at radius 3 is 2.54 bits per heavy atom. The van der Waals surface area contributed by atoms with Gasteiger partial charge >= 0.3 is 0 Å². The molecular formula is C9H15N3S. The average Bonchev–Trinajstić information content (AvgIpc) is 2.01. The molecule has 0 aliphatic rings. The summed E-state index contributed by atoms with van der Waals surface area (Å²) >= 11 is 1.72. The number of thioether (sulfide) groups is 1. The Hall–Kier alpha value is -0.770. The minimum atomic E-state index is 0.182. The second-order valence-corrected chi connectivity index (χ2v) is 5.55. The summed E-state index contributed by atoms with van der Waals surface area (Å²) in [5, 5.41) is 3.92. The highest BCUT2D eigenvalue weighted by atomic mass is 32.2. The largest absolute Gasteiger partial charge is 0.372 e. The third-order valence-electron chi connectivity index (χ3n) is 1.28. The van der Waals surface area contributed by atoms with Crippen molar-refractivity contribution in [1.82, 2.24) is 9.97 Å². The zero-order valence-electron chi connectivity index (χ0n) is 8.46. The summed E-state index contributed by atoms with van der Waals surface area (Å²) in [6.45, 7) is 6.47. The van der Waals surface area contributed by atoms with Crippen LogP contribution in [0, 0.1) is 0 Å². The molecule has 1 rings (SSSR count). The Bertz CT molecular complexity index is 280. The number of anilines is 1. The lowest BCUT2D eigenvalue weighted by atomic mass is 10.3. The van der Waals surface area contributed by atoms with Crippen LogP contribution in [-0.4, -0.2) is 21.8 Å². The van der Waals surface area contributed by atoms with E-state index in [-0.39, 0.29) is 4.75 Å². The Morgan fingerprint density at radius 2 is 2.00 bits per heavy atom. The van der Waals surface area contributed by atoms with E-state index < -0.39 is 0 Å². The number of hydrogen-bond donors (Lipinski definition) is 1. The minimum Gasteiger partial charge on any atom is -0.372 e. The van der Waals surface area contributed by atoms with Crippen molar-refractivity contribution in [2.45, 2.75) is 30.5 Å². The van der Waals surface area contributed by atoms with Crippen LogP contribution in [0.5, 0.6) is 0 Å². The molecule has 0 atom stereocenters. The molecule has 0 bridgehead atoms. The Labute approximate surface area is 83.4 Å². The molecule has 0 radical (unpaired) electrons. The molecule has 0 saturated carbocycles. The number of hydrogen-bond acceptors (Lipinski definition) is 4. The number of aromatic nitrogens is 2. The second kappa shape index (κ2) is 3.96. The van der Waals surface area contributed by atoms with Crippen LogP contribution in [0.3, 0.4) is 0 Å². The van der Waals surface area contributed by atoms with Crippen molar-refractivity contribution in [3.63, 3.8) is 0 Å². The smallest absolute Gasteiger partial charge is 0.145 e. The third-order valence-corrected chi connectivity index (χ3v) is 2.30. The molecule has 4 heteroatoms. The fourth-order valence-corrected chi connectivity index (χ4v) is 1.72. The van der Waals surface area contributed by atoms with Gasteiger partial charge in [0.15, 0.2) is 0 Å². The van der Waals surface area contributed by atoms with Crippen LogP contribution in [0.25, 0.3) is 0 Å². The van der Waals surface area contributed by atoms with E-state index in [0.717, 1.165) is 10.8 Å². The van der Waals surface area contributed by atoms with Crippen molar-refractivity contribution in [2.75, 3.05) is 12.4 Å². The fourth-order valence-electron chi connectivity index (χ4n) is 0.831. The second-order valence-electron chi connectivity index (χ2n) is 3.71. The molecule has 1 N–H and O–H groups in total. The highest BCUT2D eigenvalue weighted by molar-refractivity contribution is 8.00. The molecule has 0 spiro atoms. The van der Waals surface area contributed by atoms with E-state index in [1.807, 2.05) is 7.05 Å². The SMILES string of the molecule is CNc1cncc(SC(C)(C)C)n1. The fraction of sp³-hybridized carbons (Fsp3) is 0.556. The molecule has 0 fully saturated rings. The van der Waals surface area contributed by atoms with Gasteiger partial charge in [0.05, 0.1) is 12.4 Å². The first-order valence-corrected chi connectivity index (χ1v) is 5.02. The van der Waals surface area contributed by atoms with Crippen molar-refractivity contribution in [3.05, 3.63) is 12.4 Å². The first kappa shape index (κ1) is 10.3. The van der Waals surface area contributed by atoms with E-state index in [0.29, 0.717) is 0 Å². The molecule has 72 valence electrons. The zero-order chi connectivity index (χ0) is 9.90. The molecule has 0 aromatic carbocycles. The Kier molecular flexibility index (Phi) is 3.14. The maximum absolute atomic E-state index is 4.37. The molecule has 0 aliphatic heterocycles. The summed E-state index contributed by atoms with van der Waals surface area (Å²) in [5.74, 6) is 0.814. The lowest BCUT2D eigenvalue weighted by Gasteiger charge is -2.16. The van der Waals surface area contributed by atoms with Gasteiger partial charge in [-0.15, -0.1) is 0 Å². The molecule has 0 unspecified atom stereocenters. The van der Waals surface area contributed by atoms with Crippen LogP contribution in [0.4, 0.5) is 5.82 Å². The van der Waals surface area contributed by atoms with Gasteiger partial charge in [0, 0.05) is 11.8 Å². The van der Waals surface area contributed by atoms with Crippen LogP contribution in [0.1, 0.15) is 20.8 Å². The van der Waals surface area contributed by atoms with Crippen molar-refractivity contribution in [2.24, 2.45) is 0 Å². The van der Waals surface area contributed by atoms with Crippen molar-refractivity contribution in [3.8, 4) is 0 Å². The first-order valence-electron chi connectivity index (χ1n) is 4.20. The predicted molar refractivity (Wildman–Crippen MR) is 57.2 cm³/mol.